The number of anilines is 3. The first kappa shape index (κ1) is 76.3. The van der Waals surface area contributed by atoms with E-state index in [0.717, 1.165) is 81.4 Å². The van der Waals surface area contributed by atoms with Gasteiger partial charge < -0.3 is 0 Å². The summed E-state index contributed by atoms with van der Waals surface area (Å²) < 4.78 is 156. The average Bonchev–Trinajstić information content (AvgIpc) is 0.810. The zero-order valence-corrected chi connectivity index (χ0v) is 51.0. The normalized spacial score (nSPS) is 10.7. The van der Waals surface area contributed by atoms with Gasteiger partial charge in [0.2, 0.25) is 57.5 Å². The van der Waals surface area contributed by atoms with Gasteiger partial charge in [-0.1, -0.05) is 24.3 Å². The van der Waals surface area contributed by atoms with Gasteiger partial charge in [0.25, 0.3) is 17.1 Å². The zero-order valence-electron chi connectivity index (χ0n) is 47.7. The second kappa shape index (κ2) is 33.0. The summed E-state index contributed by atoms with van der Waals surface area (Å²) in [5, 5.41) is 62.6. The highest BCUT2D eigenvalue weighted by molar-refractivity contribution is 7.92. The van der Waals surface area contributed by atoms with Crippen molar-refractivity contribution in [3.05, 3.63) is 224 Å². The fraction of sp³-hybridized carbons (Fsp3) is 0.167. The number of nitrogens with one attached hydrogen (secondary N) is 1. The highest BCUT2D eigenvalue weighted by Gasteiger charge is 2.28. The van der Waals surface area contributed by atoms with E-state index in [1.165, 1.54) is 94.5 Å². The Kier molecular flexibility index (Phi) is 27.7. The Morgan fingerprint density at radius 1 is 0.396 bits per heavy atom. The third-order valence-electron chi connectivity index (χ3n) is 10.8. The lowest BCUT2D eigenvalue weighted by Gasteiger charge is -2.17. The second-order valence-corrected chi connectivity index (χ2v) is 25.1. The minimum Gasteiger partial charge on any atom is -0.267 e. The van der Waals surface area contributed by atoms with Gasteiger partial charge in [-0.25, -0.2) is 52.2 Å². The van der Waals surface area contributed by atoms with Crippen molar-refractivity contribution in [3.63, 3.8) is 0 Å². The van der Waals surface area contributed by atoms with Crippen LogP contribution in [0.15, 0.2) is 134 Å². The Balaban J connectivity index is 0.000000369. The van der Waals surface area contributed by atoms with Gasteiger partial charge in [-0.2, -0.15) is 13.2 Å². The van der Waals surface area contributed by atoms with Crippen LogP contribution in [0.1, 0.15) is 0 Å². The first-order chi connectivity index (χ1) is 42.0. The number of sulfonamides is 4. The van der Waals surface area contributed by atoms with Crippen molar-refractivity contribution in [2.75, 3.05) is 66.1 Å². The number of hydrogen-bond donors (Lipinski definition) is 1. The second-order valence-electron chi connectivity index (χ2n) is 17.1. The van der Waals surface area contributed by atoms with E-state index in [4.69, 9.17) is 0 Å². The summed E-state index contributed by atoms with van der Waals surface area (Å²) in [6, 6.07) is 20.5. The van der Waals surface area contributed by atoms with Crippen molar-refractivity contribution >= 4 is 113 Å². The van der Waals surface area contributed by atoms with Crippen LogP contribution in [0.25, 0.3) is 22.1 Å². The first-order valence-corrected chi connectivity index (χ1v) is 31.2. The molecule has 0 radical (unpaired) electrons. The molecule has 0 aliphatic heterocycles. The van der Waals surface area contributed by atoms with E-state index in [2.05, 4.69) is 24.7 Å². The number of aromatic nitrogens is 4. The third-order valence-corrected chi connectivity index (χ3v) is 15.1. The topological polar surface area (TPSA) is 469 Å². The molecule has 2 aromatic heterocycles. The summed E-state index contributed by atoms with van der Waals surface area (Å²) in [5.41, 5.74) is -2.48. The monoisotopic (exact) mass is 1360 g/mol. The molecule has 0 saturated heterocycles. The molecule has 0 spiro atoms. The van der Waals surface area contributed by atoms with Crippen LogP contribution in [-0.4, -0.2) is 136 Å². The maximum atomic E-state index is 13.4. The maximum absolute atomic E-state index is 13.4. The molecule has 0 bridgehead atoms. The quantitative estimate of drug-likeness (QED) is 0.0662. The number of para-hydroxylation sites is 3. The van der Waals surface area contributed by atoms with Crippen molar-refractivity contribution in [1.82, 2.24) is 24.7 Å². The summed E-state index contributed by atoms with van der Waals surface area (Å²) in [7, 11) is -8.61. The van der Waals surface area contributed by atoms with Crippen molar-refractivity contribution in [1.29, 1.82) is 0 Å². The molecule has 8 rings (SSSR count). The molecular formula is C48H47F5N14O20S4. The Bertz CT molecular complexity index is 4500. The zero-order chi connectivity index (χ0) is 69.7. The first-order valence-electron chi connectivity index (χ1n) is 23.8. The number of fused-ring (bicyclic) bond motifs is 2. The maximum Gasteiger partial charge on any atom is 0.307 e. The van der Waals surface area contributed by atoms with Crippen LogP contribution in [0.4, 0.5) is 73.1 Å². The minimum atomic E-state index is -3.64. The highest BCUT2D eigenvalue weighted by atomic mass is 32.2. The standard InChI is InChI=1S/C10H10N4O4S.C8H4FN3O2.C8H9FN2O4S.C8H10N2O4S.C6H3F2NO2.C6H4FNO2.C2H7NO2S/c1-13(19(2,17)18)10-8(14(15)16)4-3-7-9(10)12-6-5-11-7;9-7-6(12(13)14)2-1-5-8(7)11-4-3-10-5;1-10(16(2,14)15)7-4-3-6(9)5-8(7)11(12)13;1-9(15(2,13)14)7-5-3-4-6-8(7)10(11)12;7-4-1-2-5(8)6(3-4)9(10)11;7-5-3-1-2-4-6(5)8(9)10;1-3-6(2,4)5/h3-6H,1-2H3;1-4H;3-5H,1-2H3;3-6H,1-2H3;1-3H;1-4H;3H,1-2H3. The molecule has 8 aromatic rings. The van der Waals surface area contributed by atoms with E-state index < -0.39 is 121 Å². The van der Waals surface area contributed by atoms with Crippen molar-refractivity contribution in [2.45, 2.75) is 0 Å². The number of nitro benzene ring substituents is 6. The van der Waals surface area contributed by atoms with Crippen molar-refractivity contribution < 1.29 is 85.2 Å². The molecule has 0 amide bonds. The summed E-state index contributed by atoms with van der Waals surface area (Å²) in [5.74, 6) is -4.39. The SMILES string of the molecule is CN(c1c([N+](=O)[O-])ccc2nccnc12)S(C)(=O)=O.CN(c1ccc(F)cc1[N+](=O)[O-])S(C)(=O)=O.CN(c1ccccc1[N+](=O)[O-])S(C)(=O)=O.CNS(C)(=O)=O.O=[N+]([O-])c1cc(F)ccc1F.O=[N+]([O-])c1ccc2nccnc2c1F.O=[N+]([O-])c1ccccc1F. The van der Waals surface area contributed by atoms with E-state index in [1.807, 2.05) is 0 Å². The van der Waals surface area contributed by atoms with Gasteiger partial charge in [-0.05, 0) is 55.6 Å². The fourth-order valence-electron chi connectivity index (χ4n) is 6.14. The van der Waals surface area contributed by atoms with Crippen LogP contribution in [0.3, 0.4) is 0 Å². The van der Waals surface area contributed by atoms with E-state index in [9.17, 15) is 116 Å². The lowest BCUT2D eigenvalue weighted by Crippen LogP contribution is -2.26. The fourth-order valence-corrected chi connectivity index (χ4v) is 7.68. The van der Waals surface area contributed by atoms with E-state index in [1.54, 1.807) is 6.07 Å². The van der Waals surface area contributed by atoms with Gasteiger partial charge in [-0.3, -0.25) is 88.6 Å². The number of nitro groups is 6. The lowest BCUT2D eigenvalue weighted by atomic mass is 10.2. The molecule has 1 N–H and O–H groups in total. The minimum absolute atomic E-state index is 0.0602. The smallest absolute Gasteiger partial charge is 0.267 e. The van der Waals surface area contributed by atoms with Crippen LogP contribution < -0.4 is 17.6 Å². The van der Waals surface area contributed by atoms with Gasteiger partial charge in [0.1, 0.15) is 34.0 Å². The largest absolute Gasteiger partial charge is 0.307 e. The molecule has 6 aromatic carbocycles. The van der Waals surface area contributed by atoms with E-state index in [0.29, 0.717) is 29.2 Å². The summed E-state index contributed by atoms with van der Waals surface area (Å²) in [4.78, 5) is 73.5. The Hall–Kier alpha value is -10.8. The predicted octanol–water partition coefficient (Wildman–Crippen LogP) is 7.50. The van der Waals surface area contributed by atoms with Crippen LogP contribution >= 0.6 is 0 Å². The van der Waals surface area contributed by atoms with Crippen LogP contribution in [-0.2, 0) is 40.1 Å². The Morgan fingerprint density at radius 2 is 0.747 bits per heavy atom. The summed E-state index contributed by atoms with van der Waals surface area (Å²) >= 11 is 0. The number of nitrogens with zero attached hydrogens (tertiary/aromatic N) is 13. The molecule has 488 valence electrons. The number of halogens is 5. The number of benzene rings is 6. The average molecular weight is 1360 g/mol. The van der Waals surface area contributed by atoms with Gasteiger partial charge in [-0.15, -0.1) is 0 Å². The lowest BCUT2D eigenvalue weighted by molar-refractivity contribution is -0.387. The highest BCUT2D eigenvalue weighted by Crippen LogP contribution is 2.35. The van der Waals surface area contributed by atoms with Crippen LogP contribution in [0.2, 0.25) is 0 Å². The van der Waals surface area contributed by atoms with Crippen molar-refractivity contribution in [3.8, 4) is 0 Å². The molecule has 2 heterocycles. The van der Waals surface area contributed by atoms with Gasteiger partial charge in [0.05, 0.1) is 77.7 Å². The van der Waals surface area contributed by atoms with Crippen molar-refractivity contribution in [2.24, 2.45) is 0 Å². The van der Waals surface area contributed by atoms with E-state index in [-0.39, 0.29) is 39.5 Å². The number of rotatable bonds is 13. The van der Waals surface area contributed by atoms with Gasteiger partial charge in [0.15, 0.2) is 5.69 Å². The molecule has 34 nitrogen and oxygen atoms in total. The number of hydrogen-bond acceptors (Lipinski definition) is 24. The Labute approximate surface area is 511 Å². The van der Waals surface area contributed by atoms with Crippen LogP contribution in [0, 0.1) is 89.8 Å². The molecule has 43 heteroatoms. The summed E-state index contributed by atoms with van der Waals surface area (Å²) in [6.45, 7) is 0. The Morgan fingerprint density at radius 3 is 1.15 bits per heavy atom. The van der Waals surface area contributed by atoms with Gasteiger partial charge in [0, 0.05) is 70.2 Å². The summed E-state index contributed by atoms with van der Waals surface area (Å²) in [6.07, 6.45) is 9.43. The predicted molar refractivity (Wildman–Crippen MR) is 318 cm³/mol. The van der Waals surface area contributed by atoms with E-state index >= 15 is 0 Å². The molecule has 0 aliphatic rings. The van der Waals surface area contributed by atoms with Gasteiger partial charge >= 0.3 is 17.1 Å². The van der Waals surface area contributed by atoms with Crippen LogP contribution in [0.5, 0.6) is 0 Å². The molecule has 0 atom stereocenters. The molecular weight excluding hydrogens is 1320 g/mol. The third kappa shape index (κ3) is 23.3. The molecule has 0 fully saturated rings. The molecule has 0 aliphatic carbocycles. The molecule has 0 saturated carbocycles. The molecule has 91 heavy (non-hydrogen) atoms. The molecule has 0 unspecified atom stereocenters.